The highest BCUT2D eigenvalue weighted by Gasteiger charge is 2.18. The Morgan fingerprint density at radius 1 is 0.868 bits per heavy atom. The van der Waals surface area contributed by atoms with Gasteiger partial charge in [-0.25, -0.2) is 9.78 Å². The van der Waals surface area contributed by atoms with Gasteiger partial charge in [-0.2, -0.15) is 0 Å². The van der Waals surface area contributed by atoms with Gasteiger partial charge in [0.25, 0.3) is 0 Å². The first-order valence-corrected chi connectivity index (χ1v) is 12.6. The lowest BCUT2D eigenvalue weighted by molar-refractivity contribution is -0.191. The summed E-state index contributed by atoms with van der Waals surface area (Å²) in [7, 11) is 0. The number of aromatic carboxylic acids is 1. The fraction of sp³-hybridized carbons (Fsp3) is 0. The van der Waals surface area contributed by atoms with Crippen LogP contribution in [0.25, 0.3) is 44.2 Å². The summed E-state index contributed by atoms with van der Waals surface area (Å²) in [5, 5.41) is 21.5. The molecule has 0 aliphatic heterocycles. The Hall–Kier alpha value is -4.63. The fourth-order valence-corrected chi connectivity index (χ4v) is 5.07. The van der Waals surface area contributed by atoms with Crippen LogP contribution in [-0.2, 0) is 0 Å². The van der Waals surface area contributed by atoms with Crippen molar-refractivity contribution in [1.29, 1.82) is 0 Å². The number of carboxylic acids is 1. The van der Waals surface area contributed by atoms with Crippen LogP contribution in [-0.4, -0.2) is 30.9 Å². The third kappa shape index (κ3) is 4.59. The van der Waals surface area contributed by atoms with Crippen molar-refractivity contribution in [2.24, 2.45) is 0 Å². The summed E-state index contributed by atoms with van der Waals surface area (Å²) in [6.07, 6.45) is 1.80. The van der Waals surface area contributed by atoms with E-state index in [1.807, 2.05) is 72.8 Å². The number of carboxylic acid groups (broad SMARTS) is 1. The van der Waals surface area contributed by atoms with E-state index in [9.17, 15) is 15.1 Å². The van der Waals surface area contributed by atoms with Crippen LogP contribution < -0.4 is 4.84 Å². The fourth-order valence-electron chi connectivity index (χ4n) is 4.49. The third-order valence-electron chi connectivity index (χ3n) is 6.21. The minimum absolute atomic E-state index is 0.222. The lowest BCUT2D eigenvalue weighted by Gasteiger charge is -2.14. The molecule has 0 bridgehead atoms. The first-order valence-electron chi connectivity index (χ1n) is 11.8. The van der Waals surface area contributed by atoms with Crippen LogP contribution in [0.15, 0.2) is 114 Å². The van der Waals surface area contributed by atoms with E-state index >= 15 is 0 Å². The number of rotatable bonds is 7. The van der Waals surface area contributed by atoms with Gasteiger partial charge in [0.2, 0.25) is 0 Å². The number of hydrogen-bond acceptors (Lipinski definition) is 6. The first-order chi connectivity index (χ1) is 18.6. The van der Waals surface area contributed by atoms with E-state index in [0.29, 0.717) is 11.4 Å². The Morgan fingerprint density at radius 2 is 1.58 bits per heavy atom. The van der Waals surface area contributed by atoms with Crippen LogP contribution in [0.1, 0.15) is 10.4 Å². The number of aromatic nitrogens is 2. The summed E-state index contributed by atoms with van der Waals surface area (Å²) >= 11 is 1.06. The Morgan fingerprint density at radius 3 is 2.29 bits per heavy atom. The Balaban J connectivity index is 1.48. The minimum Gasteiger partial charge on any atom is -0.478 e. The minimum atomic E-state index is -0.971. The molecule has 8 heteroatoms. The van der Waals surface area contributed by atoms with E-state index in [0.717, 1.165) is 60.0 Å². The van der Waals surface area contributed by atoms with Crippen LogP contribution in [0.4, 0.5) is 0 Å². The number of hydrogen-bond donors (Lipinski definition) is 3. The second-order valence-electron chi connectivity index (χ2n) is 8.58. The SMILES string of the molecule is O=C(O)c1ccc(-c2cnc3[nH]c4ccc(ON(O)Sc5ccccc5)cc4c3c2-c2ccccc2)cc1. The van der Waals surface area contributed by atoms with Gasteiger partial charge >= 0.3 is 5.97 Å². The molecule has 0 saturated heterocycles. The highest BCUT2D eigenvalue weighted by Crippen LogP contribution is 2.41. The molecule has 0 aliphatic rings. The highest BCUT2D eigenvalue weighted by molar-refractivity contribution is 7.96. The molecule has 3 N–H and O–H groups in total. The van der Waals surface area contributed by atoms with Crippen LogP contribution in [0, 0.1) is 0 Å². The molecule has 2 heterocycles. The maximum Gasteiger partial charge on any atom is 0.335 e. The molecule has 2 aromatic heterocycles. The Bertz CT molecular complexity index is 1750. The number of nitrogens with zero attached hydrogens (tertiary/aromatic N) is 2. The van der Waals surface area contributed by atoms with Gasteiger partial charge in [-0.3, -0.25) is 5.21 Å². The topological polar surface area (TPSA) is 98.7 Å². The van der Waals surface area contributed by atoms with Crippen LogP contribution in [0.5, 0.6) is 5.75 Å². The molecule has 7 nitrogen and oxygen atoms in total. The molecule has 6 aromatic rings. The Labute approximate surface area is 222 Å². The molecule has 6 rings (SSSR count). The molecule has 0 spiro atoms. The normalized spacial score (nSPS) is 11.3. The van der Waals surface area contributed by atoms with E-state index in [-0.39, 0.29) is 5.56 Å². The van der Waals surface area contributed by atoms with Crippen molar-refractivity contribution in [2.75, 3.05) is 0 Å². The van der Waals surface area contributed by atoms with Gasteiger partial charge in [0.15, 0.2) is 5.75 Å². The number of pyridine rings is 1. The molecule has 0 saturated carbocycles. The van der Waals surface area contributed by atoms with Crippen molar-refractivity contribution in [3.05, 3.63) is 115 Å². The third-order valence-corrected chi connectivity index (χ3v) is 6.92. The summed E-state index contributed by atoms with van der Waals surface area (Å²) < 4.78 is 0.733. The van der Waals surface area contributed by atoms with Gasteiger partial charge in [-0.05, 0) is 53.6 Å². The molecule has 0 amide bonds. The van der Waals surface area contributed by atoms with Crippen molar-refractivity contribution in [3.8, 4) is 28.0 Å². The average Bonchev–Trinajstić information content (AvgIpc) is 3.31. The van der Waals surface area contributed by atoms with E-state index < -0.39 is 5.97 Å². The van der Waals surface area contributed by atoms with Gasteiger partial charge < -0.3 is 14.9 Å². The number of carbonyl (C=O) groups is 1. The second-order valence-corrected chi connectivity index (χ2v) is 9.55. The first kappa shape index (κ1) is 23.7. The van der Waals surface area contributed by atoms with Crippen LogP contribution >= 0.6 is 11.9 Å². The summed E-state index contributed by atoms with van der Waals surface area (Å²) in [5.74, 6) is -0.513. The second kappa shape index (κ2) is 10.0. The number of aromatic amines is 1. The molecule has 186 valence electrons. The smallest absolute Gasteiger partial charge is 0.335 e. The molecule has 4 aromatic carbocycles. The van der Waals surface area contributed by atoms with Crippen molar-refractivity contribution < 1.29 is 19.9 Å². The number of nitrogens with one attached hydrogen (secondary N) is 1. The quantitative estimate of drug-likeness (QED) is 0.149. The zero-order chi connectivity index (χ0) is 26.1. The molecular formula is C30H21N3O4S. The lowest BCUT2D eigenvalue weighted by atomic mass is 9.92. The van der Waals surface area contributed by atoms with Crippen molar-refractivity contribution >= 4 is 39.9 Å². The summed E-state index contributed by atoms with van der Waals surface area (Å²) in [6.45, 7) is 0. The van der Waals surface area contributed by atoms with Gasteiger partial charge in [0.05, 0.1) is 5.56 Å². The summed E-state index contributed by atoms with van der Waals surface area (Å²) in [6, 6.07) is 31.8. The molecule has 0 atom stereocenters. The van der Waals surface area contributed by atoms with E-state index in [1.54, 1.807) is 36.5 Å². The van der Waals surface area contributed by atoms with Gasteiger partial charge in [-0.1, -0.05) is 60.7 Å². The number of fused-ring (bicyclic) bond motifs is 3. The standard InChI is InChI=1S/C30H21N3O4S/c34-30(35)21-13-11-19(12-14-21)25-18-31-29-28(27(25)20-7-3-1-4-8-20)24-17-22(15-16-26(24)32-29)37-33(36)38-23-9-5-2-6-10-23/h1-18,36H,(H,31,32)(H,34,35). The predicted octanol–water partition coefficient (Wildman–Crippen LogP) is 7.44. The average molecular weight is 520 g/mol. The molecule has 0 radical (unpaired) electrons. The monoisotopic (exact) mass is 519 g/mol. The predicted molar refractivity (Wildman–Crippen MR) is 148 cm³/mol. The van der Waals surface area contributed by atoms with Crippen molar-refractivity contribution in [2.45, 2.75) is 4.90 Å². The van der Waals surface area contributed by atoms with Gasteiger partial charge in [0, 0.05) is 55.1 Å². The summed E-state index contributed by atoms with van der Waals surface area (Å²) in [5.41, 5.74) is 5.48. The highest BCUT2D eigenvalue weighted by atomic mass is 32.2. The largest absolute Gasteiger partial charge is 0.478 e. The maximum absolute atomic E-state index is 11.4. The zero-order valence-electron chi connectivity index (χ0n) is 19.9. The number of benzene rings is 4. The molecule has 0 aliphatic carbocycles. The molecule has 0 unspecified atom stereocenters. The van der Waals surface area contributed by atoms with E-state index in [2.05, 4.69) is 4.98 Å². The molecular weight excluding hydrogens is 498 g/mol. The molecule has 0 fully saturated rings. The molecule has 38 heavy (non-hydrogen) atoms. The van der Waals surface area contributed by atoms with Gasteiger partial charge in [-0.15, -0.1) is 0 Å². The summed E-state index contributed by atoms with van der Waals surface area (Å²) in [4.78, 5) is 26.0. The van der Waals surface area contributed by atoms with E-state index in [1.165, 1.54) is 0 Å². The van der Waals surface area contributed by atoms with Crippen molar-refractivity contribution in [3.63, 3.8) is 0 Å². The van der Waals surface area contributed by atoms with Crippen LogP contribution in [0.2, 0.25) is 0 Å². The Kier molecular flexibility index (Phi) is 6.27. The van der Waals surface area contributed by atoms with E-state index in [4.69, 9.17) is 9.82 Å². The number of H-pyrrole nitrogens is 1. The zero-order valence-corrected chi connectivity index (χ0v) is 20.7. The van der Waals surface area contributed by atoms with Crippen molar-refractivity contribution in [1.82, 2.24) is 14.6 Å². The maximum atomic E-state index is 11.4. The van der Waals surface area contributed by atoms with Gasteiger partial charge in [0.1, 0.15) is 5.65 Å². The van der Waals surface area contributed by atoms with Crippen LogP contribution in [0.3, 0.4) is 0 Å². The lowest BCUT2D eigenvalue weighted by Crippen LogP contribution is -2.14.